The molecule has 1 fully saturated rings. The fraction of sp³-hybridized carbons (Fsp3) is 0.600. The molecule has 3 nitrogen and oxygen atoms in total. The van der Waals surface area contributed by atoms with Crippen molar-refractivity contribution in [2.45, 2.75) is 32.7 Å². The molecule has 1 heterocycles. The summed E-state index contributed by atoms with van der Waals surface area (Å²) in [7, 11) is 0. The molecule has 0 spiro atoms. The highest BCUT2D eigenvalue weighted by molar-refractivity contribution is 5.27. The van der Waals surface area contributed by atoms with Crippen molar-refractivity contribution < 1.29 is 10.2 Å². The highest BCUT2D eigenvalue weighted by Gasteiger charge is 2.32. The van der Waals surface area contributed by atoms with Crippen molar-refractivity contribution in [3.8, 4) is 5.75 Å². The number of hydrogen-bond acceptors (Lipinski definition) is 3. The number of aromatic hydroxyl groups is 1. The van der Waals surface area contributed by atoms with Crippen molar-refractivity contribution >= 4 is 0 Å². The monoisotopic (exact) mass is 249 g/mol. The summed E-state index contributed by atoms with van der Waals surface area (Å²) in [5.74, 6) is 0.336. The molecule has 0 bridgehead atoms. The maximum atomic E-state index is 9.50. The summed E-state index contributed by atoms with van der Waals surface area (Å²) >= 11 is 0. The largest absolute Gasteiger partial charge is 0.508 e. The van der Waals surface area contributed by atoms with Gasteiger partial charge in [0.2, 0.25) is 0 Å². The van der Waals surface area contributed by atoms with Gasteiger partial charge in [0.1, 0.15) is 5.75 Å². The summed E-state index contributed by atoms with van der Waals surface area (Å²) in [6, 6.07) is 7.47. The number of benzene rings is 1. The molecule has 1 aromatic carbocycles. The number of phenols is 1. The van der Waals surface area contributed by atoms with E-state index in [4.69, 9.17) is 0 Å². The summed E-state index contributed by atoms with van der Waals surface area (Å²) in [5, 5.41) is 19.0. The fourth-order valence-electron chi connectivity index (χ4n) is 2.72. The lowest BCUT2D eigenvalue weighted by Crippen LogP contribution is -2.41. The lowest BCUT2D eigenvalue weighted by Gasteiger charge is -2.40. The molecule has 0 aromatic heterocycles. The summed E-state index contributed by atoms with van der Waals surface area (Å²) in [6.45, 7) is 5.43. The Morgan fingerprint density at radius 1 is 1.28 bits per heavy atom. The van der Waals surface area contributed by atoms with Crippen LogP contribution in [0.15, 0.2) is 24.3 Å². The molecular formula is C15H23NO2. The van der Waals surface area contributed by atoms with E-state index in [1.54, 1.807) is 6.07 Å². The Labute approximate surface area is 109 Å². The van der Waals surface area contributed by atoms with Crippen molar-refractivity contribution in [3.05, 3.63) is 29.8 Å². The number of piperidine rings is 1. The van der Waals surface area contributed by atoms with E-state index >= 15 is 0 Å². The molecule has 0 radical (unpaired) electrons. The highest BCUT2D eigenvalue weighted by atomic mass is 16.3. The van der Waals surface area contributed by atoms with Crippen molar-refractivity contribution in [1.82, 2.24) is 4.90 Å². The van der Waals surface area contributed by atoms with E-state index in [2.05, 4.69) is 11.8 Å². The highest BCUT2D eigenvalue weighted by Crippen LogP contribution is 2.34. The van der Waals surface area contributed by atoms with Crippen LogP contribution in [0.4, 0.5) is 0 Å². The normalized spacial score (nSPS) is 19.9. The van der Waals surface area contributed by atoms with Crippen molar-refractivity contribution in [2.24, 2.45) is 5.41 Å². The van der Waals surface area contributed by atoms with Crippen LogP contribution >= 0.6 is 0 Å². The first-order valence-corrected chi connectivity index (χ1v) is 6.78. The predicted molar refractivity (Wildman–Crippen MR) is 72.4 cm³/mol. The minimum atomic E-state index is 0.148. The van der Waals surface area contributed by atoms with Crippen LogP contribution in [-0.4, -0.2) is 34.8 Å². The van der Waals surface area contributed by atoms with Gasteiger partial charge in [0.25, 0.3) is 0 Å². The van der Waals surface area contributed by atoms with Crippen LogP contribution in [0.2, 0.25) is 0 Å². The molecule has 2 N–H and O–H groups in total. The van der Waals surface area contributed by atoms with Gasteiger partial charge in [-0.1, -0.05) is 19.1 Å². The quantitative estimate of drug-likeness (QED) is 0.861. The van der Waals surface area contributed by atoms with Crippen LogP contribution < -0.4 is 0 Å². The van der Waals surface area contributed by atoms with Crippen LogP contribution in [0.3, 0.4) is 0 Å². The summed E-state index contributed by atoms with van der Waals surface area (Å²) in [4.78, 5) is 2.40. The maximum absolute atomic E-state index is 9.50. The third kappa shape index (κ3) is 3.03. The summed E-state index contributed by atoms with van der Waals surface area (Å²) in [6.07, 6.45) is 3.20. The average molecular weight is 249 g/mol. The number of nitrogens with zero attached hydrogens (tertiary/aromatic N) is 1. The van der Waals surface area contributed by atoms with Gasteiger partial charge in [0, 0.05) is 13.2 Å². The van der Waals surface area contributed by atoms with Gasteiger partial charge in [-0.3, -0.25) is 4.90 Å². The molecule has 1 aliphatic heterocycles. The van der Waals surface area contributed by atoms with E-state index in [0.717, 1.165) is 44.5 Å². The van der Waals surface area contributed by atoms with Crippen LogP contribution in [0.5, 0.6) is 5.75 Å². The number of rotatable bonds is 4. The van der Waals surface area contributed by atoms with Crippen LogP contribution in [0.1, 0.15) is 31.7 Å². The molecule has 1 aromatic rings. The van der Waals surface area contributed by atoms with Gasteiger partial charge in [-0.05, 0) is 55.5 Å². The van der Waals surface area contributed by atoms with Crippen LogP contribution in [-0.2, 0) is 6.54 Å². The molecule has 3 heteroatoms. The standard InChI is InChI=1S/C15H23NO2/c1-2-15(12-17)6-8-16(9-7-15)11-13-4-3-5-14(18)10-13/h3-5,10,17-18H,2,6-9,11-12H2,1H3. The second-order valence-electron chi connectivity index (χ2n) is 5.46. The van der Waals surface area contributed by atoms with E-state index in [1.807, 2.05) is 18.2 Å². The molecule has 18 heavy (non-hydrogen) atoms. The predicted octanol–water partition coefficient (Wildman–Crippen LogP) is 2.38. The third-order valence-corrected chi connectivity index (χ3v) is 4.32. The second-order valence-corrected chi connectivity index (χ2v) is 5.46. The zero-order valence-electron chi connectivity index (χ0n) is 11.1. The number of phenolic OH excluding ortho intramolecular Hbond substituents is 1. The minimum absolute atomic E-state index is 0.148. The SMILES string of the molecule is CCC1(CO)CCN(Cc2cccc(O)c2)CC1. The molecule has 0 saturated carbocycles. The van der Waals surface area contributed by atoms with Crippen molar-refractivity contribution in [3.63, 3.8) is 0 Å². The van der Waals surface area contributed by atoms with Gasteiger partial charge < -0.3 is 10.2 Å². The Morgan fingerprint density at radius 3 is 2.56 bits per heavy atom. The first-order valence-electron chi connectivity index (χ1n) is 6.78. The molecule has 2 rings (SSSR count). The molecule has 1 saturated heterocycles. The maximum Gasteiger partial charge on any atom is 0.115 e. The first-order chi connectivity index (χ1) is 8.67. The fourth-order valence-corrected chi connectivity index (χ4v) is 2.72. The summed E-state index contributed by atoms with van der Waals surface area (Å²) in [5.41, 5.74) is 1.30. The van der Waals surface area contributed by atoms with Gasteiger partial charge in [-0.15, -0.1) is 0 Å². The summed E-state index contributed by atoms with van der Waals surface area (Å²) < 4.78 is 0. The van der Waals surface area contributed by atoms with E-state index < -0.39 is 0 Å². The minimum Gasteiger partial charge on any atom is -0.508 e. The Bertz CT molecular complexity index is 378. The van der Waals surface area contributed by atoms with Gasteiger partial charge in [0.05, 0.1) is 0 Å². The van der Waals surface area contributed by atoms with E-state index in [0.29, 0.717) is 12.4 Å². The van der Waals surface area contributed by atoms with E-state index in [1.165, 1.54) is 0 Å². The second kappa shape index (κ2) is 5.72. The molecule has 0 aliphatic carbocycles. The lowest BCUT2D eigenvalue weighted by molar-refractivity contribution is 0.0382. The van der Waals surface area contributed by atoms with E-state index in [9.17, 15) is 10.2 Å². The van der Waals surface area contributed by atoms with Crippen molar-refractivity contribution in [1.29, 1.82) is 0 Å². The molecule has 1 aliphatic rings. The first kappa shape index (κ1) is 13.4. The van der Waals surface area contributed by atoms with E-state index in [-0.39, 0.29) is 5.41 Å². The van der Waals surface area contributed by atoms with Crippen molar-refractivity contribution in [2.75, 3.05) is 19.7 Å². The van der Waals surface area contributed by atoms with Gasteiger partial charge in [-0.25, -0.2) is 0 Å². The number of hydrogen-bond donors (Lipinski definition) is 2. The molecular weight excluding hydrogens is 226 g/mol. The van der Waals surface area contributed by atoms with Crippen LogP contribution in [0, 0.1) is 5.41 Å². The zero-order chi connectivity index (χ0) is 13.0. The Kier molecular flexibility index (Phi) is 4.25. The molecule has 0 unspecified atom stereocenters. The van der Waals surface area contributed by atoms with Crippen LogP contribution in [0.25, 0.3) is 0 Å². The number of aliphatic hydroxyl groups is 1. The molecule has 100 valence electrons. The number of likely N-dealkylation sites (tertiary alicyclic amines) is 1. The lowest BCUT2D eigenvalue weighted by atomic mass is 9.77. The third-order valence-electron chi connectivity index (χ3n) is 4.32. The Hall–Kier alpha value is -1.06. The topological polar surface area (TPSA) is 43.7 Å². The number of aliphatic hydroxyl groups excluding tert-OH is 1. The molecule has 0 atom stereocenters. The zero-order valence-corrected chi connectivity index (χ0v) is 11.1. The van der Waals surface area contributed by atoms with Gasteiger partial charge >= 0.3 is 0 Å². The molecule has 0 amide bonds. The Morgan fingerprint density at radius 2 is 2.00 bits per heavy atom. The smallest absolute Gasteiger partial charge is 0.115 e. The average Bonchev–Trinajstić information content (AvgIpc) is 2.40. The Balaban J connectivity index is 1.91. The van der Waals surface area contributed by atoms with Gasteiger partial charge in [-0.2, -0.15) is 0 Å². The van der Waals surface area contributed by atoms with Gasteiger partial charge in [0.15, 0.2) is 0 Å².